The monoisotopic (exact) mass is 239 g/mol. The first-order valence-corrected chi connectivity index (χ1v) is 6.38. The second-order valence-electron chi connectivity index (χ2n) is 4.55. The third-order valence-electron chi connectivity index (χ3n) is 3.31. The summed E-state index contributed by atoms with van der Waals surface area (Å²) in [4.78, 5) is 6.69. The van der Waals surface area contributed by atoms with Gasteiger partial charge in [-0.05, 0) is 24.1 Å². The lowest BCUT2D eigenvalue weighted by Crippen LogP contribution is -2.14. The van der Waals surface area contributed by atoms with Crippen LogP contribution in [-0.2, 0) is 13.1 Å². The maximum atomic E-state index is 4.31. The predicted octanol–water partition coefficient (Wildman–Crippen LogP) is 3.03. The van der Waals surface area contributed by atoms with Gasteiger partial charge in [-0.2, -0.15) is 0 Å². The van der Waals surface area contributed by atoms with Crippen LogP contribution in [0.2, 0.25) is 0 Å². The van der Waals surface area contributed by atoms with Gasteiger partial charge in [0.1, 0.15) is 5.82 Å². The number of nitrogens with one attached hydrogen (secondary N) is 1. The van der Waals surface area contributed by atoms with Crippen LogP contribution in [0.4, 0.5) is 11.5 Å². The van der Waals surface area contributed by atoms with Crippen LogP contribution in [0.15, 0.2) is 42.6 Å². The Bertz CT molecular complexity index is 526. The number of nitrogens with zero attached hydrogens (tertiary/aromatic N) is 2. The van der Waals surface area contributed by atoms with E-state index in [-0.39, 0.29) is 0 Å². The predicted molar refractivity (Wildman–Crippen MR) is 74.7 cm³/mol. The summed E-state index contributed by atoms with van der Waals surface area (Å²) < 4.78 is 0. The van der Waals surface area contributed by atoms with E-state index in [9.17, 15) is 0 Å². The van der Waals surface area contributed by atoms with Crippen LogP contribution in [0.3, 0.4) is 0 Å². The van der Waals surface area contributed by atoms with Crippen molar-refractivity contribution >= 4 is 11.5 Å². The molecule has 0 aliphatic carbocycles. The quantitative estimate of drug-likeness (QED) is 0.892. The lowest BCUT2D eigenvalue weighted by Gasteiger charge is -2.18. The number of hydrogen-bond donors (Lipinski definition) is 1. The molecule has 3 nitrogen and oxygen atoms in total. The van der Waals surface area contributed by atoms with Gasteiger partial charge >= 0.3 is 0 Å². The number of hydrogen-bond acceptors (Lipinski definition) is 3. The molecule has 1 aromatic carbocycles. The van der Waals surface area contributed by atoms with Crippen molar-refractivity contribution in [2.24, 2.45) is 0 Å². The number of anilines is 2. The van der Waals surface area contributed by atoms with Gasteiger partial charge in [-0.1, -0.05) is 24.3 Å². The average molecular weight is 239 g/mol. The van der Waals surface area contributed by atoms with Crippen LogP contribution in [0, 0.1) is 0 Å². The molecule has 0 bridgehead atoms. The first kappa shape index (κ1) is 11.1. The van der Waals surface area contributed by atoms with Gasteiger partial charge in [-0.25, -0.2) is 4.98 Å². The van der Waals surface area contributed by atoms with Gasteiger partial charge in [0.05, 0.1) is 0 Å². The van der Waals surface area contributed by atoms with Crippen molar-refractivity contribution in [2.45, 2.75) is 20.0 Å². The molecule has 0 saturated heterocycles. The molecule has 1 aliphatic rings. The second-order valence-corrected chi connectivity index (χ2v) is 4.55. The summed E-state index contributed by atoms with van der Waals surface area (Å²) in [5, 5.41) is 3.25. The Kier molecular flexibility index (Phi) is 2.89. The summed E-state index contributed by atoms with van der Waals surface area (Å²) in [5.41, 5.74) is 4.09. The summed E-state index contributed by atoms with van der Waals surface area (Å²) in [6.45, 7) is 4.97. The maximum absolute atomic E-state index is 4.31. The van der Waals surface area contributed by atoms with Crippen LogP contribution in [0.5, 0.6) is 0 Å². The lowest BCUT2D eigenvalue weighted by molar-refractivity contribution is 0.878. The summed E-state index contributed by atoms with van der Waals surface area (Å²) in [5.74, 6) is 0.950. The third-order valence-corrected chi connectivity index (χ3v) is 3.31. The van der Waals surface area contributed by atoms with Gasteiger partial charge in [0, 0.05) is 37.6 Å². The highest BCUT2D eigenvalue weighted by Gasteiger charge is 2.18. The van der Waals surface area contributed by atoms with Gasteiger partial charge in [0.25, 0.3) is 0 Å². The standard InChI is InChI=1S/C15H17N3/c1-2-16-15-9-14(7-8-17-15)18-10-12-5-3-4-6-13(12)11-18/h3-9H,2,10-11H2,1H3,(H,16,17). The average Bonchev–Trinajstić information content (AvgIpc) is 2.83. The minimum atomic E-state index is 0.899. The first-order valence-electron chi connectivity index (χ1n) is 6.38. The molecule has 0 spiro atoms. The molecule has 0 saturated carbocycles. The Labute approximate surface area is 107 Å². The molecule has 0 atom stereocenters. The minimum absolute atomic E-state index is 0.899. The summed E-state index contributed by atoms with van der Waals surface area (Å²) in [6.07, 6.45) is 1.87. The fourth-order valence-electron chi connectivity index (χ4n) is 2.41. The number of rotatable bonds is 3. The normalized spacial score (nSPS) is 13.5. The highest BCUT2D eigenvalue weighted by Crippen LogP contribution is 2.28. The molecule has 3 rings (SSSR count). The van der Waals surface area contributed by atoms with Crippen LogP contribution < -0.4 is 10.2 Å². The molecule has 0 amide bonds. The number of pyridine rings is 1. The molecule has 0 fully saturated rings. The molecule has 92 valence electrons. The molecule has 18 heavy (non-hydrogen) atoms. The molecular weight excluding hydrogens is 222 g/mol. The van der Waals surface area contributed by atoms with Crippen molar-refractivity contribution in [3.8, 4) is 0 Å². The SMILES string of the molecule is CCNc1cc(N2Cc3ccccc3C2)ccn1. The Hall–Kier alpha value is -2.03. The molecule has 2 heterocycles. The van der Waals surface area contributed by atoms with Gasteiger partial charge in [-0.15, -0.1) is 0 Å². The molecular formula is C15H17N3. The van der Waals surface area contributed by atoms with Crippen LogP contribution in [0.1, 0.15) is 18.1 Å². The van der Waals surface area contributed by atoms with Crippen molar-refractivity contribution in [1.29, 1.82) is 0 Å². The van der Waals surface area contributed by atoms with E-state index in [4.69, 9.17) is 0 Å². The Balaban J connectivity index is 1.83. The zero-order valence-electron chi connectivity index (χ0n) is 10.6. The van der Waals surface area contributed by atoms with Crippen molar-refractivity contribution < 1.29 is 0 Å². The summed E-state index contributed by atoms with van der Waals surface area (Å²) >= 11 is 0. The first-order chi connectivity index (χ1) is 8.86. The highest BCUT2D eigenvalue weighted by molar-refractivity contribution is 5.56. The highest BCUT2D eigenvalue weighted by atomic mass is 15.1. The topological polar surface area (TPSA) is 28.2 Å². The van der Waals surface area contributed by atoms with E-state index in [0.29, 0.717) is 0 Å². The Morgan fingerprint density at radius 2 is 1.89 bits per heavy atom. The van der Waals surface area contributed by atoms with E-state index < -0.39 is 0 Å². The van der Waals surface area contributed by atoms with Crippen molar-refractivity contribution in [3.05, 3.63) is 53.7 Å². The largest absolute Gasteiger partial charge is 0.370 e. The van der Waals surface area contributed by atoms with Crippen molar-refractivity contribution in [2.75, 3.05) is 16.8 Å². The van der Waals surface area contributed by atoms with Crippen LogP contribution in [0.25, 0.3) is 0 Å². The maximum Gasteiger partial charge on any atom is 0.127 e. The van der Waals surface area contributed by atoms with E-state index in [1.165, 1.54) is 16.8 Å². The summed E-state index contributed by atoms with van der Waals surface area (Å²) in [7, 11) is 0. The zero-order valence-corrected chi connectivity index (χ0v) is 10.6. The van der Waals surface area contributed by atoms with Gasteiger partial charge in [0.2, 0.25) is 0 Å². The zero-order chi connectivity index (χ0) is 12.4. The van der Waals surface area contributed by atoms with Gasteiger partial charge in [0.15, 0.2) is 0 Å². The van der Waals surface area contributed by atoms with Gasteiger partial charge < -0.3 is 10.2 Å². The van der Waals surface area contributed by atoms with Crippen molar-refractivity contribution in [1.82, 2.24) is 4.98 Å². The molecule has 0 unspecified atom stereocenters. The molecule has 1 aromatic heterocycles. The van der Waals surface area contributed by atoms with Crippen molar-refractivity contribution in [3.63, 3.8) is 0 Å². The van der Waals surface area contributed by atoms with E-state index in [0.717, 1.165) is 25.5 Å². The fraction of sp³-hybridized carbons (Fsp3) is 0.267. The lowest BCUT2D eigenvalue weighted by atomic mass is 10.1. The Morgan fingerprint density at radius 3 is 2.56 bits per heavy atom. The molecule has 1 aliphatic heterocycles. The van der Waals surface area contributed by atoms with E-state index in [1.54, 1.807) is 0 Å². The third kappa shape index (κ3) is 2.04. The molecule has 2 aromatic rings. The minimum Gasteiger partial charge on any atom is -0.370 e. The smallest absolute Gasteiger partial charge is 0.127 e. The van der Waals surface area contributed by atoms with E-state index in [1.807, 2.05) is 6.20 Å². The van der Waals surface area contributed by atoms with E-state index >= 15 is 0 Å². The van der Waals surface area contributed by atoms with Gasteiger partial charge in [-0.3, -0.25) is 0 Å². The van der Waals surface area contributed by atoms with E-state index in [2.05, 4.69) is 58.5 Å². The fourth-order valence-corrected chi connectivity index (χ4v) is 2.41. The molecule has 3 heteroatoms. The number of fused-ring (bicyclic) bond motifs is 1. The van der Waals surface area contributed by atoms with Crippen LogP contribution >= 0.6 is 0 Å². The molecule has 1 N–H and O–H groups in total. The summed E-state index contributed by atoms with van der Waals surface area (Å²) in [6, 6.07) is 12.8. The number of aromatic nitrogens is 1. The Morgan fingerprint density at radius 1 is 1.17 bits per heavy atom. The number of benzene rings is 1. The second kappa shape index (κ2) is 4.69. The molecule has 0 radical (unpaired) electrons. The van der Waals surface area contributed by atoms with Crippen LogP contribution in [-0.4, -0.2) is 11.5 Å².